The molecular weight excluding hydrogens is 312 g/mol. The molecule has 2 amide bonds. The molecule has 2 rings (SSSR count). The first kappa shape index (κ1) is 19.2. The molecule has 1 aliphatic heterocycles. The van der Waals surface area contributed by atoms with Gasteiger partial charge < -0.3 is 10.2 Å². The molecular formula is C21H30N2O2. The van der Waals surface area contributed by atoms with E-state index in [1.54, 1.807) is 6.08 Å². The number of hydrogen-bond acceptors (Lipinski definition) is 2. The van der Waals surface area contributed by atoms with Crippen LogP contribution >= 0.6 is 0 Å². The maximum Gasteiger partial charge on any atom is 0.246 e. The zero-order valence-electron chi connectivity index (χ0n) is 15.6. The lowest BCUT2D eigenvalue weighted by molar-refractivity contribution is -0.132. The number of carbonyl (C=O) groups excluding carboxylic acids is 2. The number of hydrogen-bond donors (Lipinski definition) is 1. The molecule has 1 aromatic carbocycles. The van der Waals surface area contributed by atoms with Gasteiger partial charge in [-0.2, -0.15) is 0 Å². The molecule has 1 aliphatic rings. The lowest BCUT2D eigenvalue weighted by atomic mass is 9.95. The molecule has 1 N–H and O–H groups in total. The Morgan fingerprint density at radius 2 is 1.84 bits per heavy atom. The third-order valence-electron chi connectivity index (χ3n) is 4.75. The van der Waals surface area contributed by atoms with Crippen molar-refractivity contribution in [2.45, 2.75) is 46.0 Å². The van der Waals surface area contributed by atoms with E-state index in [0.29, 0.717) is 19.0 Å². The minimum absolute atomic E-state index is 0.0281. The van der Waals surface area contributed by atoms with Gasteiger partial charge in [-0.15, -0.1) is 0 Å². The van der Waals surface area contributed by atoms with Gasteiger partial charge >= 0.3 is 0 Å². The second kappa shape index (κ2) is 9.40. The van der Waals surface area contributed by atoms with Gasteiger partial charge in [-0.1, -0.05) is 45.0 Å². The normalized spacial score (nSPS) is 15.8. The number of carbonyl (C=O) groups is 2. The summed E-state index contributed by atoms with van der Waals surface area (Å²) in [5.41, 5.74) is 2.33. The fraction of sp³-hybridized carbons (Fsp3) is 0.524. The van der Waals surface area contributed by atoms with Crippen molar-refractivity contribution in [2.24, 2.45) is 5.92 Å². The van der Waals surface area contributed by atoms with Crippen LogP contribution in [0.2, 0.25) is 0 Å². The van der Waals surface area contributed by atoms with Crippen LogP contribution in [0.4, 0.5) is 0 Å². The maximum absolute atomic E-state index is 12.3. The quantitative estimate of drug-likeness (QED) is 0.803. The zero-order chi connectivity index (χ0) is 18.2. The van der Waals surface area contributed by atoms with Crippen LogP contribution < -0.4 is 5.32 Å². The monoisotopic (exact) mass is 342 g/mol. The third-order valence-corrected chi connectivity index (χ3v) is 4.75. The van der Waals surface area contributed by atoms with E-state index in [9.17, 15) is 9.59 Å². The molecule has 0 saturated carbocycles. The Labute approximate surface area is 151 Å². The summed E-state index contributed by atoms with van der Waals surface area (Å²) in [6.45, 7) is 8.42. The van der Waals surface area contributed by atoms with Crippen molar-refractivity contribution in [3.05, 3.63) is 41.5 Å². The summed E-state index contributed by atoms with van der Waals surface area (Å²) in [5.74, 6) is 0.716. The molecule has 1 heterocycles. The van der Waals surface area contributed by atoms with Crippen molar-refractivity contribution >= 4 is 17.9 Å². The van der Waals surface area contributed by atoms with E-state index in [0.717, 1.165) is 31.4 Å². The average molecular weight is 342 g/mol. The average Bonchev–Trinajstić information content (AvgIpc) is 2.64. The van der Waals surface area contributed by atoms with Crippen LogP contribution in [0.1, 0.15) is 57.1 Å². The Kier molecular flexibility index (Phi) is 7.23. The second-order valence-electron chi connectivity index (χ2n) is 7.05. The van der Waals surface area contributed by atoms with Crippen molar-refractivity contribution in [1.82, 2.24) is 10.2 Å². The molecule has 0 aromatic heterocycles. The highest BCUT2D eigenvalue weighted by Crippen LogP contribution is 2.18. The number of piperidine rings is 1. The van der Waals surface area contributed by atoms with Crippen molar-refractivity contribution < 1.29 is 9.59 Å². The first-order valence-electron chi connectivity index (χ1n) is 9.36. The summed E-state index contributed by atoms with van der Waals surface area (Å²) < 4.78 is 0. The molecule has 1 saturated heterocycles. The van der Waals surface area contributed by atoms with Gasteiger partial charge in [-0.25, -0.2) is 0 Å². The summed E-state index contributed by atoms with van der Waals surface area (Å²) >= 11 is 0. The van der Waals surface area contributed by atoms with Crippen molar-refractivity contribution in [1.29, 1.82) is 0 Å². The summed E-state index contributed by atoms with van der Waals surface area (Å²) in [6.07, 6.45) is 5.96. The van der Waals surface area contributed by atoms with Crippen LogP contribution in [0.15, 0.2) is 30.3 Å². The molecule has 0 spiro atoms. The minimum Gasteiger partial charge on any atom is -0.356 e. The largest absolute Gasteiger partial charge is 0.356 e. The Morgan fingerprint density at radius 3 is 2.40 bits per heavy atom. The highest BCUT2D eigenvalue weighted by atomic mass is 16.2. The van der Waals surface area contributed by atoms with E-state index in [-0.39, 0.29) is 17.7 Å². The van der Waals surface area contributed by atoms with Crippen molar-refractivity contribution in [3.63, 3.8) is 0 Å². The Bertz CT molecular complexity index is 597. The number of rotatable bonds is 6. The molecule has 0 aliphatic carbocycles. The van der Waals surface area contributed by atoms with E-state index in [1.165, 1.54) is 5.56 Å². The molecule has 0 unspecified atom stereocenters. The molecule has 0 bridgehead atoms. The Morgan fingerprint density at radius 1 is 1.20 bits per heavy atom. The van der Waals surface area contributed by atoms with E-state index in [4.69, 9.17) is 0 Å². The maximum atomic E-state index is 12.3. The van der Waals surface area contributed by atoms with Crippen LogP contribution in [-0.4, -0.2) is 36.3 Å². The summed E-state index contributed by atoms with van der Waals surface area (Å²) in [7, 11) is 0. The SMILES string of the molecule is CCCNC(=O)C1CCN(C(=O)/C=C/c2ccc(C(C)C)cc2)CC1. The van der Waals surface area contributed by atoms with Crippen molar-refractivity contribution in [2.75, 3.05) is 19.6 Å². The molecule has 136 valence electrons. The van der Waals surface area contributed by atoms with E-state index < -0.39 is 0 Å². The van der Waals surface area contributed by atoms with Gasteiger partial charge in [0, 0.05) is 31.6 Å². The molecule has 25 heavy (non-hydrogen) atoms. The smallest absolute Gasteiger partial charge is 0.246 e. The molecule has 4 nitrogen and oxygen atoms in total. The number of likely N-dealkylation sites (tertiary alicyclic amines) is 1. The van der Waals surface area contributed by atoms with Crippen LogP contribution in [0.3, 0.4) is 0 Å². The fourth-order valence-electron chi connectivity index (χ4n) is 3.02. The highest BCUT2D eigenvalue weighted by molar-refractivity contribution is 5.92. The molecule has 1 fully saturated rings. The second-order valence-corrected chi connectivity index (χ2v) is 7.05. The topological polar surface area (TPSA) is 49.4 Å². The van der Waals surface area contributed by atoms with E-state index in [1.807, 2.05) is 30.0 Å². The number of amides is 2. The van der Waals surface area contributed by atoms with Crippen LogP contribution in [0.5, 0.6) is 0 Å². The predicted octanol–water partition coefficient (Wildman–Crippen LogP) is 3.59. The molecule has 1 aromatic rings. The number of nitrogens with one attached hydrogen (secondary N) is 1. The molecule has 4 heteroatoms. The van der Waals surface area contributed by atoms with E-state index in [2.05, 4.69) is 31.3 Å². The van der Waals surface area contributed by atoms with Gasteiger partial charge in [0.2, 0.25) is 11.8 Å². The predicted molar refractivity (Wildman–Crippen MR) is 102 cm³/mol. The Balaban J connectivity index is 1.83. The van der Waals surface area contributed by atoms with E-state index >= 15 is 0 Å². The number of nitrogens with zero attached hydrogens (tertiary/aromatic N) is 1. The first-order valence-corrected chi connectivity index (χ1v) is 9.36. The highest BCUT2D eigenvalue weighted by Gasteiger charge is 2.26. The van der Waals surface area contributed by atoms with Crippen LogP contribution in [-0.2, 0) is 9.59 Å². The van der Waals surface area contributed by atoms with Gasteiger partial charge in [-0.05, 0) is 42.4 Å². The third kappa shape index (κ3) is 5.73. The van der Waals surface area contributed by atoms with Crippen molar-refractivity contribution in [3.8, 4) is 0 Å². The lowest BCUT2D eigenvalue weighted by Gasteiger charge is -2.30. The molecule has 0 atom stereocenters. The minimum atomic E-state index is 0.0281. The number of benzene rings is 1. The van der Waals surface area contributed by atoms with Crippen LogP contribution in [0.25, 0.3) is 6.08 Å². The van der Waals surface area contributed by atoms with Gasteiger partial charge in [0.25, 0.3) is 0 Å². The zero-order valence-corrected chi connectivity index (χ0v) is 15.6. The van der Waals surface area contributed by atoms with Gasteiger partial charge in [0.1, 0.15) is 0 Å². The summed E-state index contributed by atoms with van der Waals surface area (Å²) in [6, 6.07) is 8.30. The van der Waals surface area contributed by atoms with Crippen LogP contribution in [0, 0.1) is 5.92 Å². The lowest BCUT2D eigenvalue weighted by Crippen LogP contribution is -2.42. The fourth-order valence-corrected chi connectivity index (χ4v) is 3.02. The standard InChI is InChI=1S/C21H30N2O2/c1-4-13-22-21(25)19-11-14-23(15-12-19)20(24)10-7-17-5-8-18(9-6-17)16(2)3/h5-10,16,19H,4,11-15H2,1-3H3,(H,22,25)/b10-7+. The van der Waals surface area contributed by atoms with Gasteiger partial charge in [-0.3, -0.25) is 9.59 Å². The van der Waals surface area contributed by atoms with Gasteiger partial charge in [0.15, 0.2) is 0 Å². The molecule has 0 radical (unpaired) electrons. The van der Waals surface area contributed by atoms with Gasteiger partial charge in [0.05, 0.1) is 0 Å². The summed E-state index contributed by atoms with van der Waals surface area (Å²) in [5, 5.41) is 2.95. The summed E-state index contributed by atoms with van der Waals surface area (Å²) in [4.78, 5) is 26.2. The Hall–Kier alpha value is -2.10. The first-order chi connectivity index (χ1) is 12.0.